The van der Waals surface area contributed by atoms with Gasteiger partial charge in [0, 0.05) is 6.04 Å². The third-order valence-electron chi connectivity index (χ3n) is 4.52. The third kappa shape index (κ3) is 4.26. The maximum absolute atomic E-state index is 10.3. The summed E-state index contributed by atoms with van der Waals surface area (Å²) in [5.74, 6) is 1.34. The van der Waals surface area contributed by atoms with Crippen LogP contribution in [0.25, 0.3) is 0 Å². The fourth-order valence-corrected chi connectivity index (χ4v) is 3.18. The number of likely N-dealkylation sites (N-methyl/N-ethyl adjacent to an activating group) is 1. The van der Waals surface area contributed by atoms with Crippen molar-refractivity contribution in [2.45, 2.75) is 72.4 Å². The summed E-state index contributed by atoms with van der Waals surface area (Å²) in [6, 6.07) is 0.233. The first-order valence-electron chi connectivity index (χ1n) is 7.27. The highest BCUT2D eigenvalue weighted by atomic mass is 16.3. The quantitative estimate of drug-likeness (QED) is 0.792. The van der Waals surface area contributed by atoms with Crippen LogP contribution in [0.1, 0.15) is 60.3 Å². The predicted molar refractivity (Wildman–Crippen MR) is 74.0 cm³/mol. The van der Waals surface area contributed by atoms with Gasteiger partial charge in [0.2, 0.25) is 0 Å². The Kier molecular flexibility index (Phi) is 5.46. The molecule has 2 unspecified atom stereocenters. The van der Waals surface area contributed by atoms with Crippen LogP contribution >= 0.6 is 0 Å². The molecule has 2 N–H and O–H groups in total. The molecule has 0 heterocycles. The molecule has 0 saturated heterocycles. The van der Waals surface area contributed by atoms with Gasteiger partial charge in [0.25, 0.3) is 0 Å². The maximum Gasteiger partial charge on any atom is 0.0718 e. The smallest absolute Gasteiger partial charge is 0.0718 e. The highest BCUT2D eigenvalue weighted by molar-refractivity contribution is 4.86. The minimum atomic E-state index is -0.170. The van der Waals surface area contributed by atoms with Gasteiger partial charge in [-0.1, -0.05) is 27.7 Å². The topological polar surface area (TPSA) is 32.3 Å². The minimum absolute atomic E-state index is 0.170. The lowest BCUT2D eigenvalue weighted by Gasteiger charge is -2.39. The van der Waals surface area contributed by atoms with Gasteiger partial charge in [-0.3, -0.25) is 0 Å². The molecule has 2 nitrogen and oxygen atoms in total. The third-order valence-corrected chi connectivity index (χ3v) is 4.52. The molecule has 1 fully saturated rings. The summed E-state index contributed by atoms with van der Waals surface area (Å²) in [4.78, 5) is 0. The number of rotatable bonds is 4. The Labute approximate surface area is 107 Å². The Morgan fingerprint density at radius 2 is 1.71 bits per heavy atom. The molecule has 0 radical (unpaired) electrons. The normalized spacial score (nSPS) is 30.0. The SMILES string of the molecule is CCNC(C)C(O)C1CCC(C(C)(C)C)CC1. The van der Waals surface area contributed by atoms with Crippen molar-refractivity contribution < 1.29 is 5.11 Å². The van der Waals surface area contributed by atoms with E-state index in [9.17, 15) is 5.11 Å². The number of aliphatic hydroxyl groups excluding tert-OH is 1. The van der Waals surface area contributed by atoms with Gasteiger partial charge in [0.05, 0.1) is 6.10 Å². The Morgan fingerprint density at radius 3 is 2.12 bits per heavy atom. The summed E-state index contributed by atoms with van der Waals surface area (Å²) < 4.78 is 0. The summed E-state index contributed by atoms with van der Waals surface area (Å²) in [6.07, 6.45) is 4.78. The molecule has 1 rings (SSSR count). The van der Waals surface area contributed by atoms with Crippen molar-refractivity contribution in [3.05, 3.63) is 0 Å². The zero-order valence-corrected chi connectivity index (χ0v) is 12.3. The van der Waals surface area contributed by atoms with E-state index >= 15 is 0 Å². The van der Waals surface area contributed by atoms with Crippen LogP contribution in [0.2, 0.25) is 0 Å². The number of hydrogen-bond acceptors (Lipinski definition) is 2. The molecule has 0 aromatic carbocycles. The molecule has 0 aliphatic heterocycles. The van der Waals surface area contributed by atoms with Gasteiger partial charge in [0.15, 0.2) is 0 Å². The van der Waals surface area contributed by atoms with Crippen LogP contribution in [0, 0.1) is 17.3 Å². The van der Waals surface area contributed by atoms with E-state index in [2.05, 4.69) is 39.9 Å². The fourth-order valence-electron chi connectivity index (χ4n) is 3.18. The van der Waals surface area contributed by atoms with E-state index in [1.807, 2.05) is 0 Å². The van der Waals surface area contributed by atoms with E-state index in [1.165, 1.54) is 25.7 Å². The van der Waals surface area contributed by atoms with E-state index in [0.717, 1.165) is 12.5 Å². The number of aliphatic hydroxyl groups is 1. The zero-order valence-electron chi connectivity index (χ0n) is 12.3. The molecule has 1 saturated carbocycles. The van der Waals surface area contributed by atoms with Crippen molar-refractivity contribution in [3.8, 4) is 0 Å². The van der Waals surface area contributed by atoms with Crippen LogP contribution < -0.4 is 5.32 Å². The maximum atomic E-state index is 10.3. The average Bonchev–Trinajstić information content (AvgIpc) is 2.27. The summed E-state index contributed by atoms with van der Waals surface area (Å²) in [5, 5.41) is 13.6. The van der Waals surface area contributed by atoms with E-state index in [-0.39, 0.29) is 12.1 Å². The molecule has 102 valence electrons. The molecule has 1 aliphatic rings. The highest BCUT2D eigenvalue weighted by Gasteiger charge is 2.33. The van der Waals surface area contributed by atoms with Gasteiger partial charge < -0.3 is 10.4 Å². The highest BCUT2D eigenvalue weighted by Crippen LogP contribution is 2.40. The molecular formula is C15H31NO. The van der Waals surface area contributed by atoms with E-state index in [1.54, 1.807) is 0 Å². The first-order valence-corrected chi connectivity index (χ1v) is 7.27. The van der Waals surface area contributed by atoms with Crippen molar-refractivity contribution in [2.75, 3.05) is 6.54 Å². The second kappa shape index (κ2) is 6.19. The van der Waals surface area contributed by atoms with Crippen LogP contribution in [0.15, 0.2) is 0 Å². The first-order chi connectivity index (χ1) is 7.86. The molecule has 0 spiro atoms. The van der Waals surface area contributed by atoms with Gasteiger partial charge in [0.1, 0.15) is 0 Å². The van der Waals surface area contributed by atoms with E-state index in [0.29, 0.717) is 11.3 Å². The first kappa shape index (κ1) is 15.0. The van der Waals surface area contributed by atoms with E-state index < -0.39 is 0 Å². The van der Waals surface area contributed by atoms with Crippen LogP contribution in [0.3, 0.4) is 0 Å². The summed E-state index contributed by atoms with van der Waals surface area (Å²) in [6.45, 7) is 12.2. The minimum Gasteiger partial charge on any atom is -0.391 e. The molecule has 0 aromatic heterocycles. The average molecular weight is 241 g/mol. The van der Waals surface area contributed by atoms with Gasteiger partial charge in [-0.05, 0) is 56.4 Å². The standard InChI is InChI=1S/C15H31NO/c1-6-16-11(2)14(17)12-7-9-13(10-8-12)15(3,4)5/h11-14,16-17H,6-10H2,1-5H3. The Bertz CT molecular complexity index is 213. The molecule has 1 aliphatic carbocycles. The molecular weight excluding hydrogens is 210 g/mol. The van der Waals surface area contributed by atoms with Gasteiger partial charge in [-0.15, -0.1) is 0 Å². The van der Waals surface area contributed by atoms with Gasteiger partial charge in [-0.25, -0.2) is 0 Å². The van der Waals surface area contributed by atoms with Crippen molar-refractivity contribution in [1.29, 1.82) is 0 Å². The van der Waals surface area contributed by atoms with Gasteiger partial charge in [-0.2, -0.15) is 0 Å². The van der Waals surface area contributed by atoms with Gasteiger partial charge >= 0.3 is 0 Å². The Balaban J connectivity index is 2.41. The summed E-state index contributed by atoms with van der Waals surface area (Å²) in [5.41, 5.74) is 0.434. The summed E-state index contributed by atoms with van der Waals surface area (Å²) >= 11 is 0. The zero-order chi connectivity index (χ0) is 13.1. The second-order valence-corrected chi connectivity index (χ2v) is 6.81. The predicted octanol–water partition coefficient (Wildman–Crippen LogP) is 3.20. The van der Waals surface area contributed by atoms with Crippen molar-refractivity contribution in [1.82, 2.24) is 5.32 Å². The monoisotopic (exact) mass is 241 g/mol. The Morgan fingerprint density at radius 1 is 1.18 bits per heavy atom. The molecule has 0 bridgehead atoms. The van der Waals surface area contributed by atoms with Crippen LogP contribution in [-0.4, -0.2) is 23.8 Å². The number of hydrogen-bond donors (Lipinski definition) is 2. The summed E-state index contributed by atoms with van der Waals surface area (Å²) in [7, 11) is 0. The molecule has 2 atom stereocenters. The lowest BCUT2D eigenvalue weighted by Crippen LogP contribution is -2.43. The molecule has 0 amide bonds. The van der Waals surface area contributed by atoms with Crippen molar-refractivity contribution in [3.63, 3.8) is 0 Å². The molecule has 0 aromatic rings. The molecule has 17 heavy (non-hydrogen) atoms. The Hall–Kier alpha value is -0.0800. The second-order valence-electron chi connectivity index (χ2n) is 6.81. The molecule has 2 heteroatoms. The fraction of sp³-hybridized carbons (Fsp3) is 1.00. The lowest BCUT2D eigenvalue weighted by molar-refractivity contribution is 0.0328. The van der Waals surface area contributed by atoms with E-state index in [4.69, 9.17) is 0 Å². The number of nitrogens with one attached hydrogen (secondary N) is 1. The van der Waals surface area contributed by atoms with Crippen molar-refractivity contribution in [2.24, 2.45) is 17.3 Å². The van der Waals surface area contributed by atoms with Crippen LogP contribution in [0.4, 0.5) is 0 Å². The lowest BCUT2D eigenvalue weighted by atomic mass is 9.68. The van der Waals surface area contributed by atoms with Crippen LogP contribution in [0.5, 0.6) is 0 Å². The van der Waals surface area contributed by atoms with Crippen LogP contribution in [-0.2, 0) is 0 Å². The van der Waals surface area contributed by atoms with Crippen molar-refractivity contribution >= 4 is 0 Å². The largest absolute Gasteiger partial charge is 0.391 e.